The van der Waals surface area contributed by atoms with Crippen molar-refractivity contribution in [2.75, 3.05) is 19.8 Å². The summed E-state index contributed by atoms with van der Waals surface area (Å²) in [5.74, 6) is -0.884. The van der Waals surface area contributed by atoms with Gasteiger partial charge in [0, 0.05) is 21.5 Å². The van der Waals surface area contributed by atoms with Crippen molar-refractivity contribution >= 4 is 43.4 Å². The van der Waals surface area contributed by atoms with Crippen molar-refractivity contribution in [3.05, 3.63) is 64.8 Å². The first-order chi connectivity index (χ1) is 14.5. The third-order valence-electron chi connectivity index (χ3n) is 4.07. The Balaban J connectivity index is 1.61. The molecule has 30 heavy (non-hydrogen) atoms. The van der Waals surface area contributed by atoms with Crippen LogP contribution in [0.15, 0.2) is 59.4 Å². The van der Waals surface area contributed by atoms with Gasteiger partial charge in [0.2, 0.25) is 0 Å². The molecule has 0 aliphatic rings. The molecule has 1 N–H and O–H groups in total. The van der Waals surface area contributed by atoms with Gasteiger partial charge in [0.15, 0.2) is 12.0 Å². The van der Waals surface area contributed by atoms with E-state index < -0.39 is 24.6 Å². The molecule has 0 aliphatic heterocycles. The van der Waals surface area contributed by atoms with Gasteiger partial charge in [-0.25, -0.2) is 9.59 Å². The standard InChI is InChI=1S/C22H20O7S/c1-2-6-19(24)28-11-14(23)12-29-20(25)13-27-17-9-5-8-16-21(26)15-7-3-4-10-18(15)30-22(16)17/h2-10,14,23H,11-13H2,1H3. The summed E-state index contributed by atoms with van der Waals surface area (Å²) >= 11 is 1.40. The van der Waals surface area contributed by atoms with E-state index in [-0.39, 0.29) is 18.6 Å². The molecule has 2 aromatic carbocycles. The van der Waals surface area contributed by atoms with Gasteiger partial charge in [-0.1, -0.05) is 24.3 Å². The number of aliphatic hydroxyl groups excluding tert-OH is 1. The van der Waals surface area contributed by atoms with E-state index in [1.54, 1.807) is 31.2 Å². The molecule has 0 amide bonds. The highest BCUT2D eigenvalue weighted by Crippen LogP contribution is 2.31. The SMILES string of the molecule is CC=CC(=O)OCC(O)COC(=O)COc1cccc2c(=O)c3ccccc3sc12. The Bertz CT molecular complexity index is 1150. The highest BCUT2D eigenvalue weighted by Gasteiger charge is 2.14. The molecule has 3 rings (SSSR count). The van der Waals surface area contributed by atoms with Gasteiger partial charge in [-0.2, -0.15) is 0 Å². The Morgan fingerprint density at radius 2 is 1.80 bits per heavy atom. The fraction of sp³-hybridized carbons (Fsp3) is 0.227. The third-order valence-corrected chi connectivity index (χ3v) is 5.27. The summed E-state index contributed by atoms with van der Waals surface area (Å²) in [6.07, 6.45) is 1.59. The van der Waals surface area contributed by atoms with E-state index in [4.69, 9.17) is 14.2 Å². The first-order valence-electron chi connectivity index (χ1n) is 9.20. The summed E-state index contributed by atoms with van der Waals surface area (Å²) in [5.41, 5.74) is -0.0945. The molecular weight excluding hydrogens is 408 g/mol. The fourth-order valence-corrected chi connectivity index (χ4v) is 3.83. The minimum Gasteiger partial charge on any atom is -0.480 e. The van der Waals surface area contributed by atoms with Crippen LogP contribution < -0.4 is 10.2 Å². The van der Waals surface area contributed by atoms with E-state index in [0.717, 1.165) is 4.70 Å². The van der Waals surface area contributed by atoms with Gasteiger partial charge in [0.1, 0.15) is 25.1 Å². The van der Waals surface area contributed by atoms with Crippen LogP contribution in [0, 0.1) is 0 Å². The summed E-state index contributed by atoms with van der Waals surface area (Å²) in [5, 5.41) is 10.9. The van der Waals surface area contributed by atoms with Gasteiger partial charge >= 0.3 is 11.9 Å². The van der Waals surface area contributed by atoms with Gasteiger partial charge in [0.05, 0.1) is 4.70 Å². The largest absolute Gasteiger partial charge is 0.480 e. The number of hydrogen-bond donors (Lipinski definition) is 1. The van der Waals surface area contributed by atoms with Crippen molar-refractivity contribution in [3.8, 4) is 5.75 Å². The van der Waals surface area contributed by atoms with Crippen LogP contribution in [0.5, 0.6) is 5.75 Å². The van der Waals surface area contributed by atoms with Crippen LogP contribution in [0.4, 0.5) is 0 Å². The maximum absolute atomic E-state index is 12.7. The Labute approximate surface area is 176 Å². The van der Waals surface area contributed by atoms with Crippen LogP contribution in [0.2, 0.25) is 0 Å². The summed E-state index contributed by atoms with van der Waals surface area (Å²) in [4.78, 5) is 35.8. The summed E-state index contributed by atoms with van der Waals surface area (Å²) in [6, 6.07) is 12.4. The van der Waals surface area contributed by atoms with Gasteiger partial charge in [0.25, 0.3) is 0 Å². The molecule has 1 unspecified atom stereocenters. The van der Waals surface area contributed by atoms with Gasteiger partial charge in [-0.3, -0.25) is 4.79 Å². The number of esters is 2. The molecule has 1 atom stereocenters. The van der Waals surface area contributed by atoms with E-state index in [0.29, 0.717) is 21.2 Å². The third kappa shape index (κ3) is 5.22. The molecule has 156 valence electrons. The predicted octanol–water partition coefficient (Wildman–Crippen LogP) is 2.82. The van der Waals surface area contributed by atoms with Crippen molar-refractivity contribution in [2.45, 2.75) is 13.0 Å². The van der Waals surface area contributed by atoms with Crippen LogP contribution in [-0.4, -0.2) is 43.0 Å². The van der Waals surface area contributed by atoms with Crippen LogP contribution in [0.1, 0.15) is 6.92 Å². The second kappa shape index (κ2) is 10.00. The number of benzene rings is 2. The van der Waals surface area contributed by atoms with Crippen molar-refractivity contribution < 1.29 is 28.9 Å². The minimum atomic E-state index is -1.14. The van der Waals surface area contributed by atoms with Crippen LogP contribution in [-0.2, 0) is 19.1 Å². The average molecular weight is 428 g/mol. The number of ether oxygens (including phenoxy) is 3. The Morgan fingerprint density at radius 3 is 2.60 bits per heavy atom. The highest BCUT2D eigenvalue weighted by atomic mass is 32.1. The maximum Gasteiger partial charge on any atom is 0.344 e. The maximum atomic E-state index is 12.7. The van der Waals surface area contributed by atoms with Crippen molar-refractivity contribution in [1.29, 1.82) is 0 Å². The zero-order chi connectivity index (χ0) is 21.5. The van der Waals surface area contributed by atoms with Crippen molar-refractivity contribution in [1.82, 2.24) is 0 Å². The monoisotopic (exact) mass is 428 g/mol. The Morgan fingerprint density at radius 1 is 1.07 bits per heavy atom. The minimum absolute atomic E-state index is 0.0945. The van der Waals surface area contributed by atoms with E-state index in [1.165, 1.54) is 23.5 Å². The first-order valence-corrected chi connectivity index (χ1v) is 10.0. The molecule has 0 bridgehead atoms. The number of carbonyl (C=O) groups is 2. The lowest BCUT2D eigenvalue weighted by Gasteiger charge is -2.12. The first kappa shape index (κ1) is 21.5. The summed E-state index contributed by atoms with van der Waals surface area (Å²) < 4.78 is 16.8. The lowest BCUT2D eigenvalue weighted by Crippen LogP contribution is -2.26. The molecule has 0 radical (unpaired) electrons. The lowest BCUT2D eigenvalue weighted by atomic mass is 10.2. The second-order valence-corrected chi connectivity index (χ2v) is 7.37. The molecular formula is C22H20O7S. The van der Waals surface area contributed by atoms with E-state index in [2.05, 4.69) is 0 Å². The Kier molecular flexibility index (Phi) is 7.16. The zero-order valence-corrected chi connectivity index (χ0v) is 17.0. The number of fused-ring (bicyclic) bond motifs is 2. The molecule has 1 heterocycles. The smallest absolute Gasteiger partial charge is 0.344 e. The summed E-state index contributed by atoms with van der Waals surface area (Å²) in [7, 11) is 0. The Hall–Kier alpha value is -3.23. The molecule has 0 fully saturated rings. The van der Waals surface area contributed by atoms with E-state index in [9.17, 15) is 19.5 Å². The number of aliphatic hydroxyl groups is 1. The molecule has 0 aliphatic carbocycles. The van der Waals surface area contributed by atoms with E-state index >= 15 is 0 Å². The second-order valence-electron chi connectivity index (χ2n) is 6.32. The average Bonchev–Trinajstić information content (AvgIpc) is 2.75. The topological polar surface area (TPSA) is 99.1 Å². The van der Waals surface area contributed by atoms with Crippen molar-refractivity contribution in [3.63, 3.8) is 0 Å². The number of rotatable bonds is 8. The van der Waals surface area contributed by atoms with Crippen LogP contribution >= 0.6 is 11.3 Å². The molecule has 0 spiro atoms. The quantitative estimate of drug-likeness (QED) is 0.335. The zero-order valence-electron chi connectivity index (χ0n) is 16.2. The lowest BCUT2D eigenvalue weighted by molar-refractivity contribution is -0.151. The van der Waals surface area contributed by atoms with E-state index in [1.807, 2.05) is 18.2 Å². The summed E-state index contributed by atoms with van der Waals surface area (Å²) in [6.45, 7) is 0.648. The van der Waals surface area contributed by atoms with Crippen molar-refractivity contribution in [2.24, 2.45) is 0 Å². The molecule has 8 heteroatoms. The van der Waals surface area contributed by atoms with Gasteiger partial charge in [-0.15, -0.1) is 11.3 Å². The number of carbonyl (C=O) groups excluding carboxylic acids is 2. The van der Waals surface area contributed by atoms with Gasteiger partial charge in [-0.05, 0) is 31.2 Å². The number of hydrogen-bond acceptors (Lipinski definition) is 8. The molecule has 1 aromatic heterocycles. The normalized spacial score (nSPS) is 12.2. The predicted molar refractivity (Wildman–Crippen MR) is 114 cm³/mol. The molecule has 3 aromatic rings. The molecule has 7 nitrogen and oxygen atoms in total. The highest BCUT2D eigenvalue weighted by molar-refractivity contribution is 7.24. The number of allylic oxidation sites excluding steroid dienone is 1. The van der Waals surface area contributed by atoms with Crippen LogP contribution in [0.25, 0.3) is 20.2 Å². The fourth-order valence-electron chi connectivity index (χ4n) is 2.69. The molecule has 0 saturated carbocycles. The van der Waals surface area contributed by atoms with Gasteiger partial charge < -0.3 is 19.3 Å². The molecule has 0 saturated heterocycles. The van der Waals surface area contributed by atoms with Crippen LogP contribution in [0.3, 0.4) is 0 Å².